The lowest BCUT2D eigenvalue weighted by atomic mass is 10.3. The van der Waals surface area contributed by atoms with Crippen LogP contribution in [0.15, 0.2) is 11.4 Å². The van der Waals surface area contributed by atoms with Gasteiger partial charge in [0, 0.05) is 11.4 Å². The van der Waals surface area contributed by atoms with Gasteiger partial charge < -0.3 is 11.1 Å². The molecule has 0 saturated carbocycles. The van der Waals surface area contributed by atoms with Crippen LogP contribution in [-0.4, -0.2) is 15.2 Å². The first-order valence-corrected chi connectivity index (χ1v) is 5.08. The van der Waals surface area contributed by atoms with Gasteiger partial charge in [-0.25, -0.2) is 5.10 Å². The fraction of sp³-hybridized carbons (Fsp3) is 0.250. The van der Waals surface area contributed by atoms with Gasteiger partial charge in [-0.05, 0) is 23.9 Å². The zero-order valence-electron chi connectivity index (χ0n) is 7.74. The van der Waals surface area contributed by atoms with E-state index in [0.29, 0.717) is 11.9 Å². The third kappa shape index (κ3) is 2.02. The van der Waals surface area contributed by atoms with Crippen molar-refractivity contribution < 1.29 is 0 Å². The topological polar surface area (TPSA) is 79.6 Å². The van der Waals surface area contributed by atoms with E-state index in [1.165, 1.54) is 10.4 Å². The summed E-state index contributed by atoms with van der Waals surface area (Å²) >= 11 is 1.73. The van der Waals surface area contributed by atoms with Gasteiger partial charge in [0.2, 0.25) is 11.9 Å². The number of hydrogen-bond acceptors (Lipinski definition) is 5. The van der Waals surface area contributed by atoms with E-state index in [4.69, 9.17) is 5.73 Å². The Balaban J connectivity index is 1.94. The second kappa shape index (κ2) is 3.67. The van der Waals surface area contributed by atoms with Crippen LogP contribution in [0.2, 0.25) is 0 Å². The molecule has 0 bridgehead atoms. The zero-order chi connectivity index (χ0) is 9.97. The van der Waals surface area contributed by atoms with E-state index in [0.717, 1.165) is 6.54 Å². The molecule has 6 heteroatoms. The Hall–Kier alpha value is -1.56. The third-order valence-corrected chi connectivity index (χ3v) is 2.65. The lowest BCUT2D eigenvalue weighted by Crippen LogP contribution is -1.99. The molecule has 0 amide bonds. The van der Waals surface area contributed by atoms with E-state index in [2.05, 4.69) is 38.9 Å². The first kappa shape index (κ1) is 9.01. The van der Waals surface area contributed by atoms with E-state index in [9.17, 15) is 0 Å². The van der Waals surface area contributed by atoms with E-state index >= 15 is 0 Å². The average molecular weight is 209 g/mol. The van der Waals surface area contributed by atoms with Crippen molar-refractivity contribution in [2.45, 2.75) is 13.5 Å². The predicted octanol–water partition coefficient (Wildman–Crippen LogP) is 1.37. The molecule has 2 heterocycles. The number of anilines is 2. The van der Waals surface area contributed by atoms with Gasteiger partial charge in [0.05, 0.1) is 0 Å². The second-order valence-electron chi connectivity index (χ2n) is 2.96. The number of rotatable bonds is 3. The summed E-state index contributed by atoms with van der Waals surface area (Å²) in [6.45, 7) is 2.81. The summed E-state index contributed by atoms with van der Waals surface area (Å²) < 4.78 is 0. The minimum atomic E-state index is 0.328. The number of nitrogen functional groups attached to an aromatic ring is 1. The van der Waals surface area contributed by atoms with Gasteiger partial charge in [0.25, 0.3) is 0 Å². The summed E-state index contributed by atoms with van der Waals surface area (Å²) in [4.78, 5) is 5.24. The number of thiophene rings is 1. The molecule has 74 valence electrons. The Kier molecular flexibility index (Phi) is 2.36. The number of nitrogens with one attached hydrogen (secondary N) is 2. The third-order valence-electron chi connectivity index (χ3n) is 1.74. The van der Waals surface area contributed by atoms with Crippen LogP contribution in [0, 0.1) is 6.92 Å². The van der Waals surface area contributed by atoms with Crippen molar-refractivity contribution in [2.24, 2.45) is 0 Å². The van der Waals surface area contributed by atoms with E-state index in [1.807, 2.05) is 0 Å². The van der Waals surface area contributed by atoms with Crippen molar-refractivity contribution in [3.05, 3.63) is 21.9 Å². The van der Waals surface area contributed by atoms with Crippen molar-refractivity contribution in [2.75, 3.05) is 11.1 Å². The van der Waals surface area contributed by atoms with Gasteiger partial charge in [-0.1, -0.05) is 0 Å². The van der Waals surface area contributed by atoms with E-state index in [-0.39, 0.29) is 0 Å². The first-order valence-electron chi connectivity index (χ1n) is 4.20. The maximum atomic E-state index is 5.38. The maximum Gasteiger partial charge on any atom is 0.243 e. The van der Waals surface area contributed by atoms with Gasteiger partial charge in [-0.3, -0.25) is 0 Å². The highest BCUT2D eigenvalue weighted by molar-refractivity contribution is 7.10. The average Bonchev–Trinajstić information content (AvgIpc) is 2.72. The lowest BCUT2D eigenvalue weighted by Gasteiger charge is -1.97. The standard InChI is InChI=1S/C8H11N5S/c1-5-2-6(4-14-5)3-10-8-11-7(9)12-13-8/h2,4H,3H2,1H3,(H4,9,10,11,12,13). The monoisotopic (exact) mass is 209 g/mol. The Morgan fingerprint density at radius 2 is 2.50 bits per heavy atom. The van der Waals surface area contributed by atoms with E-state index in [1.54, 1.807) is 11.3 Å². The Bertz CT molecular complexity index is 379. The minimum absolute atomic E-state index is 0.328. The zero-order valence-corrected chi connectivity index (χ0v) is 8.56. The predicted molar refractivity (Wildman–Crippen MR) is 57.2 cm³/mol. The SMILES string of the molecule is Cc1cc(CNc2n[nH]c(N)n2)cs1. The lowest BCUT2D eigenvalue weighted by molar-refractivity contribution is 1.05. The first-order chi connectivity index (χ1) is 6.74. The van der Waals surface area contributed by atoms with Crippen molar-refractivity contribution in [1.29, 1.82) is 0 Å². The molecule has 2 aromatic rings. The van der Waals surface area contributed by atoms with Crippen molar-refractivity contribution in [3.63, 3.8) is 0 Å². The van der Waals surface area contributed by atoms with Gasteiger partial charge in [-0.15, -0.1) is 16.4 Å². The van der Waals surface area contributed by atoms with Gasteiger partial charge in [-0.2, -0.15) is 4.98 Å². The molecule has 0 fully saturated rings. The Morgan fingerprint density at radius 3 is 3.07 bits per heavy atom. The number of H-pyrrole nitrogens is 1. The number of nitrogens with two attached hydrogens (primary N) is 1. The molecule has 0 aliphatic rings. The molecule has 0 spiro atoms. The number of aromatic nitrogens is 3. The van der Waals surface area contributed by atoms with Crippen LogP contribution >= 0.6 is 11.3 Å². The van der Waals surface area contributed by atoms with Crippen LogP contribution in [0.1, 0.15) is 10.4 Å². The largest absolute Gasteiger partial charge is 0.368 e. The number of hydrogen-bond donors (Lipinski definition) is 3. The number of aryl methyl sites for hydroxylation is 1. The quantitative estimate of drug-likeness (QED) is 0.713. The molecule has 0 aliphatic carbocycles. The molecule has 0 radical (unpaired) electrons. The summed E-state index contributed by atoms with van der Waals surface area (Å²) in [5, 5.41) is 11.6. The van der Waals surface area contributed by atoms with Crippen LogP contribution in [0.3, 0.4) is 0 Å². The van der Waals surface area contributed by atoms with Crippen LogP contribution < -0.4 is 11.1 Å². The van der Waals surface area contributed by atoms with Gasteiger partial charge in [0.1, 0.15) is 0 Å². The van der Waals surface area contributed by atoms with Crippen LogP contribution in [-0.2, 0) is 6.54 Å². The maximum absolute atomic E-state index is 5.38. The number of nitrogens with zero attached hydrogens (tertiary/aromatic N) is 2. The molecule has 5 nitrogen and oxygen atoms in total. The number of aromatic amines is 1. The summed E-state index contributed by atoms with van der Waals surface area (Å²) in [7, 11) is 0. The van der Waals surface area contributed by atoms with Gasteiger partial charge >= 0.3 is 0 Å². The van der Waals surface area contributed by atoms with Gasteiger partial charge in [0.15, 0.2) is 0 Å². The summed E-state index contributed by atoms with van der Waals surface area (Å²) in [6, 6.07) is 2.13. The highest BCUT2D eigenvalue weighted by Gasteiger charge is 2.00. The molecule has 0 aliphatic heterocycles. The normalized spacial score (nSPS) is 10.4. The molecule has 2 aromatic heterocycles. The van der Waals surface area contributed by atoms with E-state index < -0.39 is 0 Å². The second-order valence-corrected chi connectivity index (χ2v) is 4.08. The summed E-state index contributed by atoms with van der Waals surface area (Å²) in [5.41, 5.74) is 6.62. The fourth-order valence-electron chi connectivity index (χ4n) is 1.12. The fourth-order valence-corrected chi connectivity index (χ4v) is 1.83. The molecule has 0 atom stereocenters. The molecular formula is C8H11N5S. The van der Waals surface area contributed by atoms with Crippen molar-refractivity contribution in [3.8, 4) is 0 Å². The van der Waals surface area contributed by atoms with Crippen LogP contribution in [0.5, 0.6) is 0 Å². The minimum Gasteiger partial charge on any atom is -0.368 e. The summed E-state index contributed by atoms with van der Waals surface area (Å²) in [6.07, 6.45) is 0. The van der Waals surface area contributed by atoms with Crippen molar-refractivity contribution >= 4 is 23.2 Å². The van der Waals surface area contributed by atoms with Crippen molar-refractivity contribution in [1.82, 2.24) is 15.2 Å². The smallest absolute Gasteiger partial charge is 0.243 e. The highest BCUT2D eigenvalue weighted by Crippen LogP contribution is 2.13. The molecule has 0 unspecified atom stereocenters. The molecule has 0 saturated heterocycles. The Labute approximate surface area is 85.4 Å². The highest BCUT2D eigenvalue weighted by atomic mass is 32.1. The molecule has 2 rings (SSSR count). The molecule has 4 N–H and O–H groups in total. The molecular weight excluding hydrogens is 198 g/mol. The van der Waals surface area contributed by atoms with Crippen LogP contribution in [0.4, 0.5) is 11.9 Å². The molecule has 0 aromatic carbocycles. The molecule has 14 heavy (non-hydrogen) atoms. The van der Waals surface area contributed by atoms with Crippen LogP contribution in [0.25, 0.3) is 0 Å². The Morgan fingerprint density at radius 1 is 1.64 bits per heavy atom. The summed E-state index contributed by atoms with van der Waals surface area (Å²) in [5.74, 6) is 0.861.